The van der Waals surface area contributed by atoms with Gasteiger partial charge < -0.3 is 21.1 Å². The number of hydrogen-bond donors (Lipinski definition) is 3. The van der Waals surface area contributed by atoms with E-state index in [1.54, 1.807) is 36.7 Å². The molecule has 0 radical (unpaired) electrons. The number of rotatable bonds is 6. The van der Waals surface area contributed by atoms with Crippen molar-refractivity contribution in [2.24, 2.45) is 11.7 Å². The van der Waals surface area contributed by atoms with Crippen LogP contribution in [0.2, 0.25) is 0 Å². The lowest BCUT2D eigenvalue weighted by molar-refractivity contribution is -0.124. The van der Waals surface area contributed by atoms with Gasteiger partial charge in [0.25, 0.3) is 5.91 Å². The van der Waals surface area contributed by atoms with Gasteiger partial charge in [0.2, 0.25) is 5.91 Å². The number of hydrogen-bond acceptors (Lipinski definition) is 5. The number of aromatic nitrogens is 1. The molecule has 142 valence electrons. The van der Waals surface area contributed by atoms with Crippen molar-refractivity contribution in [2.45, 2.75) is 25.4 Å². The molecular formula is C20H24N4O3. The number of benzene rings is 1. The molecule has 1 aromatic carbocycles. The van der Waals surface area contributed by atoms with Gasteiger partial charge in [-0.3, -0.25) is 14.6 Å². The quantitative estimate of drug-likeness (QED) is 0.720. The number of pyridine rings is 1. The Morgan fingerprint density at radius 1 is 1.11 bits per heavy atom. The maximum absolute atomic E-state index is 12.2. The topological polar surface area (TPSA) is 106 Å². The van der Waals surface area contributed by atoms with Crippen LogP contribution in [0, 0.1) is 5.92 Å². The Kier molecular flexibility index (Phi) is 6.51. The van der Waals surface area contributed by atoms with Crippen LogP contribution in [0.4, 0.5) is 5.69 Å². The summed E-state index contributed by atoms with van der Waals surface area (Å²) in [5.41, 5.74) is 8.24. The van der Waals surface area contributed by atoms with Gasteiger partial charge >= 0.3 is 0 Å². The minimum atomic E-state index is -0.507. The van der Waals surface area contributed by atoms with Crippen LogP contribution in [0.1, 0.15) is 28.8 Å². The molecule has 2 heterocycles. The molecule has 0 saturated carbocycles. The number of ether oxygens (including phenoxy) is 1. The van der Waals surface area contributed by atoms with Crippen LogP contribution in [-0.4, -0.2) is 36.1 Å². The van der Waals surface area contributed by atoms with E-state index in [4.69, 9.17) is 10.5 Å². The largest absolute Gasteiger partial charge is 0.381 e. The van der Waals surface area contributed by atoms with Gasteiger partial charge in [-0.25, -0.2) is 0 Å². The SMILES string of the molecule is NC(C(=O)NCc1ccc(NC(=O)c2ccncc2)cc1)C1CCOCC1. The Morgan fingerprint density at radius 2 is 1.78 bits per heavy atom. The molecule has 1 fully saturated rings. The number of nitrogens with zero attached hydrogens (tertiary/aromatic N) is 1. The van der Waals surface area contributed by atoms with Crippen LogP contribution >= 0.6 is 0 Å². The molecule has 7 nitrogen and oxygen atoms in total. The maximum atomic E-state index is 12.2. The highest BCUT2D eigenvalue weighted by molar-refractivity contribution is 6.04. The first-order chi connectivity index (χ1) is 13.1. The first-order valence-corrected chi connectivity index (χ1v) is 9.05. The molecule has 4 N–H and O–H groups in total. The predicted molar refractivity (Wildman–Crippen MR) is 102 cm³/mol. The van der Waals surface area contributed by atoms with E-state index >= 15 is 0 Å². The number of carbonyl (C=O) groups is 2. The molecule has 1 aliphatic rings. The van der Waals surface area contributed by atoms with E-state index < -0.39 is 6.04 Å². The Morgan fingerprint density at radius 3 is 2.44 bits per heavy atom. The monoisotopic (exact) mass is 368 g/mol. The van der Waals surface area contributed by atoms with E-state index in [-0.39, 0.29) is 17.7 Å². The zero-order valence-electron chi connectivity index (χ0n) is 15.1. The average molecular weight is 368 g/mol. The molecule has 3 rings (SSSR count). The molecule has 2 amide bonds. The van der Waals surface area contributed by atoms with Crippen LogP contribution in [0.25, 0.3) is 0 Å². The summed E-state index contributed by atoms with van der Waals surface area (Å²) < 4.78 is 5.31. The molecule has 0 spiro atoms. The highest BCUT2D eigenvalue weighted by atomic mass is 16.5. The standard InChI is InChI=1S/C20H24N4O3/c21-18(15-7-11-27-12-8-15)20(26)23-13-14-1-3-17(4-2-14)24-19(25)16-5-9-22-10-6-16/h1-6,9-10,15,18H,7-8,11-13,21H2,(H,23,26)(H,24,25). The molecule has 0 bridgehead atoms. The van der Waals surface area contributed by atoms with Gasteiger partial charge in [0.15, 0.2) is 0 Å². The van der Waals surface area contributed by atoms with Crippen molar-refractivity contribution < 1.29 is 14.3 Å². The third-order valence-corrected chi connectivity index (χ3v) is 4.70. The van der Waals surface area contributed by atoms with Crippen molar-refractivity contribution in [3.8, 4) is 0 Å². The molecule has 7 heteroatoms. The second-order valence-electron chi connectivity index (χ2n) is 6.58. The van der Waals surface area contributed by atoms with Crippen molar-refractivity contribution in [1.29, 1.82) is 0 Å². The zero-order valence-corrected chi connectivity index (χ0v) is 15.1. The third-order valence-electron chi connectivity index (χ3n) is 4.70. The van der Waals surface area contributed by atoms with Crippen molar-refractivity contribution in [3.63, 3.8) is 0 Å². The van der Waals surface area contributed by atoms with Crippen LogP contribution < -0.4 is 16.4 Å². The number of nitrogens with one attached hydrogen (secondary N) is 2. The smallest absolute Gasteiger partial charge is 0.255 e. The van der Waals surface area contributed by atoms with Crippen LogP contribution in [-0.2, 0) is 16.1 Å². The first kappa shape index (κ1) is 19.0. The summed E-state index contributed by atoms with van der Waals surface area (Å²) in [5, 5.41) is 5.71. The van der Waals surface area contributed by atoms with Gasteiger partial charge in [-0.05, 0) is 48.6 Å². The molecule has 0 aliphatic carbocycles. The Bertz CT molecular complexity index is 759. The average Bonchev–Trinajstić information content (AvgIpc) is 2.73. The first-order valence-electron chi connectivity index (χ1n) is 9.05. The fourth-order valence-corrected chi connectivity index (χ4v) is 3.01. The highest BCUT2D eigenvalue weighted by Gasteiger charge is 2.26. The summed E-state index contributed by atoms with van der Waals surface area (Å²) in [7, 11) is 0. The second kappa shape index (κ2) is 9.25. The van der Waals surface area contributed by atoms with Crippen molar-refractivity contribution in [1.82, 2.24) is 10.3 Å². The van der Waals surface area contributed by atoms with Crippen molar-refractivity contribution >= 4 is 17.5 Å². The van der Waals surface area contributed by atoms with Gasteiger partial charge in [0, 0.05) is 43.4 Å². The van der Waals surface area contributed by atoms with E-state index in [1.165, 1.54) is 0 Å². The van der Waals surface area contributed by atoms with E-state index in [0.717, 1.165) is 18.4 Å². The fraction of sp³-hybridized carbons (Fsp3) is 0.350. The van der Waals surface area contributed by atoms with E-state index in [0.29, 0.717) is 31.0 Å². The Balaban J connectivity index is 1.48. The number of anilines is 1. The predicted octanol–water partition coefficient (Wildman–Crippen LogP) is 1.70. The fourth-order valence-electron chi connectivity index (χ4n) is 3.01. The molecule has 1 atom stereocenters. The summed E-state index contributed by atoms with van der Waals surface area (Å²) in [5.74, 6) is -0.164. The third kappa shape index (κ3) is 5.35. The normalized spacial score (nSPS) is 15.7. The lowest BCUT2D eigenvalue weighted by Crippen LogP contribution is -2.46. The molecule has 1 saturated heterocycles. The lowest BCUT2D eigenvalue weighted by atomic mass is 9.92. The van der Waals surface area contributed by atoms with Crippen molar-refractivity contribution in [2.75, 3.05) is 18.5 Å². The van der Waals surface area contributed by atoms with Gasteiger partial charge in [0.1, 0.15) is 0 Å². The second-order valence-corrected chi connectivity index (χ2v) is 6.58. The van der Waals surface area contributed by atoms with Gasteiger partial charge in [-0.1, -0.05) is 12.1 Å². The van der Waals surface area contributed by atoms with Gasteiger partial charge in [0.05, 0.1) is 6.04 Å². The molecular weight excluding hydrogens is 344 g/mol. The molecule has 27 heavy (non-hydrogen) atoms. The van der Waals surface area contributed by atoms with Crippen LogP contribution in [0.3, 0.4) is 0 Å². The molecule has 1 unspecified atom stereocenters. The summed E-state index contributed by atoms with van der Waals surface area (Å²) >= 11 is 0. The van der Waals surface area contributed by atoms with Gasteiger partial charge in [-0.15, -0.1) is 0 Å². The minimum absolute atomic E-state index is 0.142. The molecule has 1 aromatic heterocycles. The lowest BCUT2D eigenvalue weighted by Gasteiger charge is -2.26. The summed E-state index contributed by atoms with van der Waals surface area (Å²) in [6, 6.07) is 10.1. The van der Waals surface area contributed by atoms with Crippen LogP contribution in [0.15, 0.2) is 48.8 Å². The molecule has 1 aliphatic heterocycles. The summed E-state index contributed by atoms with van der Waals surface area (Å²) in [6.07, 6.45) is 4.79. The zero-order chi connectivity index (χ0) is 19.1. The Labute approximate surface area is 158 Å². The van der Waals surface area contributed by atoms with E-state index in [1.807, 2.05) is 12.1 Å². The number of nitrogens with two attached hydrogens (primary N) is 1. The highest BCUT2D eigenvalue weighted by Crippen LogP contribution is 2.18. The summed E-state index contributed by atoms with van der Waals surface area (Å²) in [6.45, 7) is 1.73. The maximum Gasteiger partial charge on any atom is 0.255 e. The van der Waals surface area contributed by atoms with Crippen molar-refractivity contribution in [3.05, 3.63) is 59.9 Å². The number of amides is 2. The van der Waals surface area contributed by atoms with E-state index in [9.17, 15) is 9.59 Å². The van der Waals surface area contributed by atoms with Crippen LogP contribution in [0.5, 0.6) is 0 Å². The van der Waals surface area contributed by atoms with E-state index in [2.05, 4.69) is 15.6 Å². The molecule has 2 aromatic rings. The summed E-state index contributed by atoms with van der Waals surface area (Å²) in [4.78, 5) is 28.3. The number of carbonyl (C=O) groups excluding carboxylic acids is 2. The minimum Gasteiger partial charge on any atom is -0.381 e. The van der Waals surface area contributed by atoms with Gasteiger partial charge in [-0.2, -0.15) is 0 Å². The Hall–Kier alpha value is -2.77.